The van der Waals surface area contributed by atoms with Crippen molar-refractivity contribution in [1.29, 1.82) is 0 Å². The number of aromatic nitrogens is 1. The standard InChI is InChI=1S/C57H36N2OS/c1-3-12-40(13-4-1)50-36-48(34-45-17-9-10-18-49(45)50)59(46-26-21-38(22-27-46)43-20-19-37-11-7-8-16-42(37)33-43)47-28-23-39(24-29-47)44-25-31-53-51(35-44)55-54(60-53)32-30-52-56(55)61-57(58-52)41-14-5-2-6-15-41/h1-36H. The zero-order chi connectivity index (χ0) is 40.3. The first kappa shape index (κ1) is 35.2. The van der Waals surface area contributed by atoms with E-state index < -0.39 is 0 Å². The third kappa shape index (κ3) is 6.24. The number of benzene rings is 10. The summed E-state index contributed by atoms with van der Waals surface area (Å²) in [5.41, 5.74) is 14.2. The highest BCUT2D eigenvalue weighted by atomic mass is 32.1. The molecule has 0 bridgehead atoms. The van der Waals surface area contributed by atoms with E-state index in [0.717, 1.165) is 70.9 Å². The van der Waals surface area contributed by atoms with Crippen LogP contribution in [0.25, 0.3) is 97.7 Å². The van der Waals surface area contributed by atoms with Crippen molar-refractivity contribution in [2.75, 3.05) is 4.90 Å². The molecule has 2 aromatic heterocycles. The van der Waals surface area contributed by atoms with Crippen molar-refractivity contribution in [3.63, 3.8) is 0 Å². The maximum atomic E-state index is 6.41. The van der Waals surface area contributed by atoms with Gasteiger partial charge in [0.1, 0.15) is 16.2 Å². The zero-order valence-electron chi connectivity index (χ0n) is 33.0. The molecule has 0 spiro atoms. The van der Waals surface area contributed by atoms with E-state index in [4.69, 9.17) is 9.40 Å². The molecule has 2 heterocycles. The topological polar surface area (TPSA) is 29.3 Å². The van der Waals surface area contributed by atoms with Crippen LogP contribution in [0.5, 0.6) is 0 Å². The number of hydrogen-bond acceptors (Lipinski definition) is 4. The van der Waals surface area contributed by atoms with Crippen molar-refractivity contribution in [3.8, 4) is 44.0 Å². The second-order valence-electron chi connectivity index (χ2n) is 15.6. The van der Waals surface area contributed by atoms with Gasteiger partial charge in [-0.2, -0.15) is 0 Å². The molecular formula is C57H36N2OS. The van der Waals surface area contributed by atoms with E-state index in [1.165, 1.54) is 43.8 Å². The molecule has 3 nitrogen and oxygen atoms in total. The van der Waals surface area contributed by atoms with Crippen LogP contribution in [0.4, 0.5) is 17.1 Å². The fourth-order valence-electron chi connectivity index (χ4n) is 8.83. The molecule has 0 saturated heterocycles. The summed E-state index contributed by atoms with van der Waals surface area (Å²) >= 11 is 1.73. The first-order valence-corrected chi connectivity index (χ1v) is 21.4. The Bertz CT molecular complexity index is 3570. The van der Waals surface area contributed by atoms with Crippen LogP contribution in [0.1, 0.15) is 0 Å². The summed E-state index contributed by atoms with van der Waals surface area (Å²) in [7, 11) is 0. The Balaban J connectivity index is 0.967. The van der Waals surface area contributed by atoms with Crippen LogP contribution >= 0.6 is 11.3 Å². The number of hydrogen-bond donors (Lipinski definition) is 0. The van der Waals surface area contributed by atoms with Crippen molar-refractivity contribution in [1.82, 2.24) is 4.98 Å². The second kappa shape index (κ2) is 14.5. The minimum absolute atomic E-state index is 0.876. The smallest absolute Gasteiger partial charge is 0.137 e. The Hall–Kier alpha value is -7.79. The lowest BCUT2D eigenvalue weighted by Gasteiger charge is -2.27. The predicted molar refractivity (Wildman–Crippen MR) is 258 cm³/mol. The first-order valence-electron chi connectivity index (χ1n) is 20.6. The van der Waals surface area contributed by atoms with Gasteiger partial charge in [0.2, 0.25) is 0 Å². The van der Waals surface area contributed by atoms with Gasteiger partial charge in [-0.1, -0.05) is 152 Å². The summed E-state index contributed by atoms with van der Waals surface area (Å²) in [6.07, 6.45) is 0. The van der Waals surface area contributed by atoms with Crippen LogP contribution in [0, 0.1) is 0 Å². The summed E-state index contributed by atoms with van der Waals surface area (Å²) < 4.78 is 7.56. The average Bonchev–Trinajstić information content (AvgIpc) is 3.94. The Morgan fingerprint density at radius 2 is 0.967 bits per heavy atom. The van der Waals surface area contributed by atoms with E-state index in [2.05, 4.69) is 217 Å². The summed E-state index contributed by atoms with van der Waals surface area (Å²) in [5.74, 6) is 0. The fourth-order valence-corrected chi connectivity index (χ4v) is 9.96. The molecule has 0 N–H and O–H groups in total. The number of nitrogens with zero attached hydrogens (tertiary/aromatic N) is 2. The van der Waals surface area contributed by atoms with E-state index in [9.17, 15) is 0 Å². The number of thiazole rings is 1. The third-order valence-corrected chi connectivity index (χ3v) is 13.0. The largest absolute Gasteiger partial charge is 0.456 e. The molecule has 0 amide bonds. The molecule has 0 saturated carbocycles. The average molecular weight is 797 g/mol. The lowest BCUT2D eigenvalue weighted by molar-refractivity contribution is 0.669. The molecular weight excluding hydrogens is 761 g/mol. The number of rotatable bonds is 7. The Morgan fingerprint density at radius 3 is 1.70 bits per heavy atom. The molecule has 0 unspecified atom stereocenters. The number of anilines is 3. The van der Waals surface area contributed by atoms with Gasteiger partial charge >= 0.3 is 0 Å². The molecule has 4 heteroatoms. The van der Waals surface area contributed by atoms with Crippen molar-refractivity contribution in [2.45, 2.75) is 0 Å². The maximum absolute atomic E-state index is 6.41. The fraction of sp³-hybridized carbons (Fsp3) is 0. The number of furan rings is 1. The Kier molecular flexibility index (Phi) is 8.36. The molecule has 0 fully saturated rings. The van der Waals surface area contributed by atoms with Crippen LogP contribution < -0.4 is 4.90 Å². The van der Waals surface area contributed by atoms with Gasteiger partial charge in [0.15, 0.2) is 0 Å². The molecule has 0 aliphatic heterocycles. The molecule has 12 aromatic rings. The van der Waals surface area contributed by atoms with E-state index in [1.54, 1.807) is 11.3 Å². The Labute approximate surface area is 357 Å². The molecule has 12 rings (SSSR count). The summed E-state index contributed by atoms with van der Waals surface area (Å²) in [5, 5.41) is 8.14. The monoisotopic (exact) mass is 796 g/mol. The van der Waals surface area contributed by atoms with Crippen molar-refractivity contribution < 1.29 is 4.42 Å². The molecule has 0 aliphatic carbocycles. The molecule has 0 atom stereocenters. The van der Waals surface area contributed by atoms with Crippen LogP contribution in [0.15, 0.2) is 223 Å². The molecule has 0 aliphatic rings. The van der Waals surface area contributed by atoms with Crippen LogP contribution in [0.3, 0.4) is 0 Å². The van der Waals surface area contributed by atoms with Crippen LogP contribution in [-0.2, 0) is 0 Å². The number of fused-ring (bicyclic) bond motifs is 7. The molecule has 286 valence electrons. The third-order valence-electron chi connectivity index (χ3n) is 11.9. The van der Waals surface area contributed by atoms with Crippen LogP contribution in [0.2, 0.25) is 0 Å². The SMILES string of the molecule is c1ccc(-c2nc3ccc4oc5ccc(-c6ccc(N(c7ccc(-c8ccc9ccccc9c8)cc7)c7cc(-c8ccccc8)c8ccccc8c7)cc6)cc5c4c3s2)cc1. The van der Waals surface area contributed by atoms with Gasteiger partial charge in [0, 0.05) is 33.4 Å². The maximum Gasteiger partial charge on any atom is 0.137 e. The van der Waals surface area contributed by atoms with Gasteiger partial charge < -0.3 is 9.32 Å². The van der Waals surface area contributed by atoms with Crippen molar-refractivity contribution in [2.24, 2.45) is 0 Å². The zero-order valence-corrected chi connectivity index (χ0v) is 33.8. The molecule has 10 aromatic carbocycles. The van der Waals surface area contributed by atoms with Crippen molar-refractivity contribution in [3.05, 3.63) is 218 Å². The minimum Gasteiger partial charge on any atom is -0.456 e. The quantitative estimate of drug-likeness (QED) is 0.161. The highest BCUT2D eigenvalue weighted by Gasteiger charge is 2.19. The predicted octanol–water partition coefficient (Wildman–Crippen LogP) is 16.6. The first-order chi connectivity index (χ1) is 30.2. The van der Waals surface area contributed by atoms with Gasteiger partial charge in [-0.05, 0) is 122 Å². The van der Waals surface area contributed by atoms with E-state index in [1.807, 2.05) is 6.07 Å². The van der Waals surface area contributed by atoms with E-state index >= 15 is 0 Å². The highest BCUT2D eigenvalue weighted by molar-refractivity contribution is 7.22. The molecule has 61 heavy (non-hydrogen) atoms. The minimum atomic E-state index is 0.876. The van der Waals surface area contributed by atoms with Gasteiger partial charge in [-0.3, -0.25) is 0 Å². The van der Waals surface area contributed by atoms with Gasteiger partial charge in [0.05, 0.1) is 10.2 Å². The summed E-state index contributed by atoms with van der Waals surface area (Å²) in [6, 6.07) is 78.3. The summed E-state index contributed by atoms with van der Waals surface area (Å²) in [4.78, 5) is 7.40. The summed E-state index contributed by atoms with van der Waals surface area (Å²) in [6.45, 7) is 0. The lowest BCUT2D eigenvalue weighted by atomic mass is 9.96. The normalized spacial score (nSPS) is 11.6. The highest BCUT2D eigenvalue weighted by Crippen LogP contribution is 2.44. The second-order valence-corrected chi connectivity index (χ2v) is 16.6. The van der Waals surface area contributed by atoms with Gasteiger partial charge in [-0.25, -0.2) is 4.98 Å². The van der Waals surface area contributed by atoms with Crippen LogP contribution in [-0.4, -0.2) is 4.98 Å². The van der Waals surface area contributed by atoms with Gasteiger partial charge in [0.25, 0.3) is 0 Å². The lowest BCUT2D eigenvalue weighted by Crippen LogP contribution is -2.10. The molecule has 0 radical (unpaired) electrons. The van der Waals surface area contributed by atoms with Gasteiger partial charge in [-0.15, -0.1) is 11.3 Å². The Morgan fingerprint density at radius 1 is 0.377 bits per heavy atom. The van der Waals surface area contributed by atoms with E-state index in [0.29, 0.717) is 0 Å². The van der Waals surface area contributed by atoms with E-state index in [-0.39, 0.29) is 0 Å². The van der Waals surface area contributed by atoms with Crippen molar-refractivity contribution >= 4 is 82.1 Å².